The first kappa shape index (κ1) is 11.8. The fourth-order valence-corrected chi connectivity index (χ4v) is 1.86. The van der Waals surface area contributed by atoms with Crippen molar-refractivity contribution in [2.24, 2.45) is 0 Å². The molecule has 1 unspecified atom stereocenters. The molecule has 0 radical (unpaired) electrons. The van der Waals surface area contributed by atoms with Gasteiger partial charge in [-0.1, -0.05) is 27.7 Å². The molecule has 0 aromatic carbocycles. The minimum Gasteiger partial charge on any atom is -0.289 e. The summed E-state index contributed by atoms with van der Waals surface area (Å²) in [4.78, 5) is 25.6. The van der Waals surface area contributed by atoms with E-state index in [0.29, 0.717) is 23.1 Å². The third kappa shape index (κ3) is 2.09. The van der Waals surface area contributed by atoms with Gasteiger partial charge in [-0.2, -0.15) is 0 Å². The maximum absolute atomic E-state index is 11.2. The second kappa shape index (κ2) is 4.31. The average Bonchev–Trinajstić information content (AvgIpc) is 2.65. The number of H-pyrrole nitrogens is 2. The van der Waals surface area contributed by atoms with E-state index in [-0.39, 0.29) is 5.69 Å². The zero-order chi connectivity index (χ0) is 12.6. The molecule has 0 saturated heterocycles. The predicted octanol–water partition coefficient (Wildman–Crippen LogP) is 2.28. The summed E-state index contributed by atoms with van der Waals surface area (Å²) in [6.45, 7) is 8.44. The third-order valence-corrected chi connectivity index (χ3v) is 3.04. The topological polar surface area (TPSA) is 74.4 Å². The largest absolute Gasteiger partial charge is 0.326 e. The minimum absolute atomic E-state index is 0.254. The molecule has 5 nitrogen and oxygen atoms in total. The Morgan fingerprint density at radius 2 is 1.59 bits per heavy atom. The van der Waals surface area contributed by atoms with Crippen molar-refractivity contribution in [2.45, 2.75) is 46.0 Å². The van der Waals surface area contributed by atoms with Crippen molar-refractivity contribution >= 4 is 11.3 Å². The molecule has 0 saturated carbocycles. The Balaban J connectivity index is 2.69. The Bertz CT molecular complexity index is 582. The monoisotopic (exact) mass is 234 g/mol. The smallest absolute Gasteiger partial charge is 0.289 e. The van der Waals surface area contributed by atoms with Gasteiger partial charge >= 0.3 is 5.69 Å². The van der Waals surface area contributed by atoms with Crippen molar-refractivity contribution in [1.82, 2.24) is 19.9 Å². The van der Waals surface area contributed by atoms with E-state index in [0.717, 1.165) is 17.8 Å². The highest BCUT2D eigenvalue weighted by molar-refractivity contribution is 5.65. The van der Waals surface area contributed by atoms with Gasteiger partial charge in [-0.15, -0.1) is 0 Å². The van der Waals surface area contributed by atoms with Crippen LogP contribution in [0.4, 0.5) is 0 Å². The number of rotatable bonds is 3. The lowest BCUT2D eigenvalue weighted by molar-refractivity contribution is 0.671. The van der Waals surface area contributed by atoms with E-state index in [4.69, 9.17) is 0 Å². The lowest BCUT2D eigenvalue weighted by Crippen LogP contribution is -2.07. The molecule has 5 heteroatoms. The maximum atomic E-state index is 11.2. The van der Waals surface area contributed by atoms with E-state index in [2.05, 4.69) is 47.6 Å². The fourth-order valence-electron chi connectivity index (χ4n) is 1.86. The second-order valence-corrected chi connectivity index (χ2v) is 4.73. The van der Waals surface area contributed by atoms with Crippen molar-refractivity contribution in [2.75, 3.05) is 0 Å². The van der Waals surface area contributed by atoms with Crippen LogP contribution in [0.5, 0.6) is 0 Å². The predicted molar refractivity (Wildman–Crippen MR) is 67.3 cm³/mol. The lowest BCUT2D eigenvalue weighted by atomic mass is 9.97. The molecule has 0 aliphatic heterocycles. The highest BCUT2D eigenvalue weighted by atomic mass is 16.1. The van der Waals surface area contributed by atoms with Crippen LogP contribution in [0.1, 0.15) is 57.3 Å². The Kier molecular flexibility index (Phi) is 3.00. The average molecular weight is 234 g/mol. The van der Waals surface area contributed by atoms with Gasteiger partial charge < -0.3 is 0 Å². The molecule has 1 atom stereocenters. The summed E-state index contributed by atoms with van der Waals surface area (Å²) in [5.41, 5.74) is 2.81. The van der Waals surface area contributed by atoms with Gasteiger partial charge in [0.1, 0.15) is 0 Å². The molecular formula is C12H18N4O. The first-order valence-electron chi connectivity index (χ1n) is 6.02. The van der Waals surface area contributed by atoms with Gasteiger partial charge in [0.15, 0.2) is 11.3 Å². The number of nitrogens with one attached hydrogen (secondary N) is 2. The second-order valence-electron chi connectivity index (χ2n) is 4.73. The molecule has 0 spiro atoms. The summed E-state index contributed by atoms with van der Waals surface area (Å²) in [5.74, 6) is 0.650. The zero-order valence-electron chi connectivity index (χ0n) is 10.7. The number of fused-ring (bicyclic) bond motifs is 1. The summed E-state index contributed by atoms with van der Waals surface area (Å²) >= 11 is 0. The van der Waals surface area contributed by atoms with Gasteiger partial charge in [0.25, 0.3) is 0 Å². The van der Waals surface area contributed by atoms with Crippen LogP contribution in [-0.4, -0.2) is 19.9 Å². The Hall–Kier alpha value is -1.65. The number of hydrogen-bond acceptors (Lipinski definition) is 3. The highest BCUT2D eigenvalue weighted by Gasteiger charge is 2.17. The molecule has 0 aliphatic carbocycles. The maximum Gasteiger partial charge on any atom is 0.326 e. The molecule has 17 heavy (non-hydrogen) atoms. The molecule has 2 heterocycles. The quantitative estimate of drug-likeness (QED) is 0.855. The number of aromatic amines is 2. The molecule has 2 rings (SSSR count). The normalized spacial score (nSPS) is 13.5. The van der Waals surface area contributed by atoms with Crippen molar-refractivity contribution in [3.05, 3.63) is 21.9 Å². The molecular weight excluding hydrogens is 216 g/mol. The fraction of sp³-hybridized carbons (Fsp3) is 0.583. The van der Waals surface area contributed by atoms with Crippen molar-refractivity contribution in [3.63, 3.8) is 0 Å². The van der Waals surface area contributed by atoms with Crippen molar-refractivity contribution < 1.29 is 0 Å². The standard InChI is InChI=1S/C12H18N4O/c1-5-7(4)9-8(6(2)3)13-10-11(14-9)16-12(17)15-10/h6-7H,5H2,1-4H3,(H2,13,14,15,16,17). The first-order chi connectivity index (χ1) is 8.02. The summed E-state index contributed by atoms with van der Waals surface area (Å²) in [6, 6.07) is 0. The minimum atomic E-state index is -0.254. The first-order valence-corrected chi connectivity index (χ1v) is 6.02. The number of imidazole rings is 1. The lowest BCUT2D eigenvalue weighted by Gasteiger charge is -2.15. The van der Waals surface area contributed by atoms with Crippen molar-refractivity contribution in [3.8, 4) is 0 Å². The number of aromatic nitrogens is 4. The van der Waals surface area contributed by atoms with Gasteiger partial charge in [-0.3, -0.25) is 9.97 Å². The van der Waals surface area contributed by atoms with Gasteiger partial charge in [0.05, 0.1) is 11.4 Å². The van der Waals surface area contributed by atoms with Crippen LogP contribution >= 0.6 is 0 Å². The van der Waals surface area contributed by atoms with Crippen LogP contribution in [0.25, 0.3) is 11.3 Å². The SMILES string of the molecule is CCC(C)c1nc2[nH]c(=O)[nH]c2nc1C(C)C. The van der Waals surface area contributed by atoms with E-state index >= 15 is 0 Å². The van der Waals surface area contributed by atoms with E-state index < -0.39 is 0 Å². The molecule has 0 bridgehead atoms. The molecule has 92 valence electrons. The van der Waals surface area contributed by atoms with Crippen molar-refractivity contribution in [1.29, 1.82) is 0 Å². The molecule has 2 aromatic heterocycles. The third-order valence-electron chi connectivity index (χ3n) is 3.04. The van der Waals surface area contributed by atoms with Crippen LogP contribution in [0.2, 0.25) is 0 Å². The molecule has 0 aliphatic rings. The molecule has 0 fully saturated rings. The van der Waals surface area contributed by atoms with Gasteiger partial charge in [0.2, 0.25) is 0 Å². The highest BCUT2D eigenvalue weighted by Crippen LogP contribution is 2.25. The summed E-state index contributed by atoms with van der Waals surface area (Å²) in [7, 11) is 0. The summed E-state index contributed by atoms with van der Waals surface area (Å²) in [6.07, 6.45) is 1.01. The summed E-state index contributed by atoms with van der Waals surface area (Å²) in [5, 5.41) is 0. The molecule has 0 amide bonds. The van der Waals surface area contributed by atoms with Crippen LogP contribution in [-0.2, 0) is 0 Å². The van der Waals surface area contributed by atoms with E-state index in [1.54, 1.807) is 0 Å². The zero-order valence-corrected chi connectivity index (χ0v) is 10.7. The number of nitrogens with zero attached hydrogens (tertiary/aromatic N) is 2. The Labute approximate surface area is 99.7 Å². The number of hydrogen-bond donors (Lipinski definition) is 2. The van der Waals surface area contributed by atoms with E-state index in [1.165, 1.54) is 0 Å². The van der Waals surface area contributed by atoms with Gasteiger partial charge in [0, 0.05) is 5.92 Å². The van der Waals surface area contributed by atoms with E-state index in [9.17, 15) is 4.79 Å². The molecule has 2 aromatic rings. The van der Waals surface area contributed by atoms with Gasteiger partial charge in [-0.05, 0) is 12.3 Å². The van der Waals surface area contributed by atoms with E-state index in [1.807, 2.05) is 0 Å². The van der Waals surface area contributed by atoms with Crippen LogP contribution < -0.4 is 5.69 Å². The van der Waals surface area contributed by atoms with Crippen LogP contribution in [0.3, 0.4) is 0 Å². The summed E-state index contributed by atoms with van der Waals surface area (Å²) < 4.78 is 0. The van der Waals surface area contributed by atoms with Crippen LogP contribution in [0, 0.1) is 0 Å². The van der Waals surface area contributed by atoms with Gasteiger partial charge in [-0.25, -0.2) is 14.8 Å². The molecule has 2 N–H and O–H groups in total. The Morgan fingerprint density at radius 3 is 2.06 bits per heavy atom. The Morgan fingerprint density at radius 1 is 1.06 bits per heavy atom. The van der Waals surface area contributed by atoms with Crippen LogP contribution in [0.15, 0.2) is 4.79 Å².